The lowest BCUT2D eigenvalue weighted by Crippen LogP contribution is -2.44. The maximum absolute atomic E-state index is 13.5. The van der Waals surface area contributed by atoms with Crippen molar-refractivity contribution >= 4 is 28.0 Å². The first-order valence-corrected chi connectivity index (χ1v) is 13.1. The topological polar surface area (TPSA) is 123 Å². The van der Waals surface area contributed by atoms with Gasteiger partial charge in [0.2, 0.25) is 5.78 Å². The Hall–Kier alpha value is -3.47. The number of ether oxygens (including phenoxy) is 1. The normalized spacial score (nSPS) is 21.4. The van der Waals surface area contributed by atoms with Crippen molar-refractivity contribution in [3.8, 4) is 17.2 Å². The van der Waals surface area contributed by atoms with Crippen LogP contribution in [0.3, 0.4) is 0 Å². The number of benzene rings is 2. The van der Waals surface area contributed by atoms with Crippen LogP contribution in [-0.4, -0.2) is 77.1 Å². The van der Waals surface area contributed by atoms with Crippen LogP contribution in [-0.2, 0) is 18.4 Å². The summed E-state index contributed by atoms with van der Waals surface area (Å²) in [4.78, 5) is 36.1. The number of methoxy groups -OCH3 is 1. The number of likely N-dealkylation sites (N-methyl/N-ethyl adjacent to an activating group) is 1. The number of ketones is 2. The Labute approximate surface area is 217 Å². The first kappa shape index (κ1) is 23.9. The number of fused-ring (bicyclic) bond motifs is 3. The summed E-state index contributed by atoms with van der Waals surface area (Å²) in [7, 11) is 3.49. The van der Waals surface area contributed by atoms with Gasteiger partial charge in [-0.2, -0.15) is 0 Å². The highest BCUT2D eigenvalue weighted by Gasteiger charge is 2.44. The molecule has 3 aliphatic rings. The zero-order valence-corrected chi connectivity index (χ0v) is 21.4. The molecular formula is C27H27N3O6S. The fourth-order valence-corrected chi connectivity index (χ4v) is 6.63. The summed E-state index contributed by atoms with van der Waals surface area (Å²) in [6, 6.07) is 4.68. The molecule has 1 unspecified atom stereocenters. The molecule has 37 heavy (non-hydrogen) atoms. The van der Waals surface area contributed by atoms with Crippen LogP contribution < -0.4 is 9.64 Å². The van der Waals surface area contributed by atoms with Crippen molar-refractivity contribution in [2.24, 2.45) is 0 Å². The van der Waals surface area contributed by atoms with Crippen LogP contribution in [0.25, 0.3) is 0 Å². The quantitative estimate of drug-likeness (QED) is 0.349. The number of hydrogen-bond donors (Lipinski definition) is 3. The zero-order valence-electron chi connectivity index (χ0n) is 20.6. The van der Waals surface area contributed by atoms with E-state index in [1.807, 2.05) is 5.38 Å². The number of piperazine rings is 1. The Balaban J connectivity index is 1.39. The van der Waals surface area contributed by atoms with Gasteiger partial charge in [-0.25, -0.2) is 4.98 Å². The lowest BCUT2D eigenvalue weighted by atomic mass is 9.73. The predicted octanol–water partition coefficient (Wildman–Crippen LogP) is 2.47. The van der Waals surface area contributed by atoms with Crippen LogP contribution in [0.1, 0.15) is 55.1 Å². The Bertz CT molecular complexity index is 1460. The van der Waals surface area contributed by atoms with Crippen molar-refractivity contribution in [3.63, 3.8) is 0 Å². The number of carbonyl (C=O) groups is 2. The van der Waals surface area contributed by atoms with Crippen molar-refractivity contribution in [2.75, 3.05) is 45.2 Å². The summed E-state index contributed by atoms with van der Waals surface area (Å²) in [6.07, 6.45) is 0.424. The summed E-state index contributed by atoms with van der Waals surface area (Å²) in [5, 5.41) is 36.8. The molecule has 0 spiro atoms. The molecule has 1 saturated heterocycles. The summed E-state index contributed by atoms with van der Waals surface area (Å²) in [5.41, 5.74) is -0.502. The lowest BCUT2D eigenvalue weighted by Gasteiger charge is -2.35. The van der Waals surface area contributed by atoms with Gasteiger partial charge in [-0.15, -0.1) is 11.3 Å². The van der Waals surface area contributed by atoms with Crippen LogP contribution in [0.15, 0.2) is 23.6 Å². The number of hydrogen-bond acceptors (Lipinski definition) is 10. The van der Waals surface area contributed by atoms with E-state index in [-0.39, 0.29) is 64.3 Å². The fraction of sp³-hybridized carbons (Fsp3) is 0.370. The predicted molar refractivity (Wildman–Crippen MR) is 137 cm³/mol. The third-order valence-electron chi connectivity index (χ3n) is 7.83. The molecule has 2 aromatic carbocycles. The number of aromatic nitrogens is 1. The van der Waals surface area contributed by atoms with Gasteiger partial charge in [0.25, 0.3) is 0 Å². The molecule has 9 nitrogen and oxygen atoms in total. The van der Waals surface area contributed by atoms with E-state index < -0.39 is 17.2 Å². The smallest absolute Gasteiger partial charge is 0.202 e. The molecule has 6 rings (SSSR count). The maximum atomic E-state index is 13.5. The molecule has 1 fully saturated rings. The molecule has 1 aromatic heterocycles. The molecule has 1 atom stereocenters. The number of phenolic OH excluding ortho intramolecular Hbond substituents is 2. The van der Waals surface area contributed by atoms with Crippen LogP contribution in [0.2, 0.25) is 0 Å². The van der Waals surface area contributed by atoms with Crippen LogP contribution >= 0.6 is 11.3 Å². The second-order valence-electron chi connectivity index (χ2n) is 9.96. The van der Waals surface area contributed by atoms with Crippen LogP contribution in [0.4, 0.5) is 5.13 Å². The van der Waals surface area contributed by atoms with E-state index in [0.29, 0.717) is 11.3 Å². The number of anilines is 1. The Kier molecular flexibility index (Phi) is 5.52. The Morgan fingerprint density at radius 3 is 2.43 bits per heavy atom. The molecule has 2 heterocycles. The lowest BCUT2D eigenvalue weighted by molar-refractivity contribution is 0.0175. The average molecular weight is 522 g/mol. The number of phenols is 2. The van der Waals surface area contributed by atoms with E-state index in [1.54, 1.807) is 12.1 Å². The van der Waals surface area contributed by atoms with E-state index in [9.17, 15) is 24.9 Å². The number of nitrogens with zero attached hydrogens (tertiary/aromatic N) is 3. The molecule has 10 heteroatoms. The van der Waals surface area contributed by atoms with E-state index >= 15 is 0 Å². The molecular weight excluding hydrogens is 494 g/mol. The number of rotatable bonds is 3. The monoisotopic (exact) mass is 521 g/mol. The second-order valence-corrected chi connectivity index (χ2v) is 10.8. The van der Waals surface area contributed by atoms with E-state index in [2.05, 4.69) is 16.8 Å². The van der Waals surface area contributed by atoms with Crippen LogP contribution in [0.5, 0.6) is 17.2 Å². The Morgan fingerprint density at radius 1 is 1.00 bits per heavy atom. The molecule has 1 aliphatic heterocycles. The van der Waals surface area contributed by atoms with E-state index in [4.69, 9.17) is 9.72 Å². The minimum atomic E-state index is -1.38. The Morgan fingerprint density at radius 2 is 1.70 bits per heavy atom. The third kappa shape index (κ3) is 3.54. The second kappa shape index (κ2) is 8.54. The van der Waals surface area contributed by atoms with Crippen molar-refractivity contribution in [3.05, 3.63) is 62.7 Å². The summed E-state index contributed by atoms with van der Waals surface area (Å²) >= 11 is 1.47. The largest absolute Gasteiger partial charge is 0.507 e. The van der Waals surface area contributed by atoms with Crippen molar-refractivity contribution in [1.82, 2.24) is 9.88 Å². The van der Waals surface area contributed by atoms with Gasteiger partial charge in [-0.05, 0) is 26.0 Å². The van der Waals surface area contributed by atoms with Crippen LogP contribution in [0, 0.1) is 0 Å². The number of aliphatic hydroxyl groups is 1. The van der Waals surface area contributed by atoms with E-state index in [1.165, 1.54) is 24.5 Å². The molecule has 2 aliphatic carbocycles. The van der Waals surface area contributed by atoms with Gasteiger partial charge in [0, 0.05) is 54.7 Å². The van der Waals surface area contributed by atoms with Crippen molar-refractivity contribution in [2.45, 2.75) is 24.9 Å². The fourth-order valence-electron chi connectivity index (χ4n) is 5.66. The number of thiazole rings is 1. The molecule has 0 bridgehead atoms. The minimum absolute atomic E-state index is 0.0344. The van der Waals surface area contributed by atoms with Gasteiger partial charge in [0.05, 0.1) is 29.5 Å². The number of aromatic hydroxyl groups is 2. The standard InChI is InChI=1S/C27H27N3O6S/c1-29-8-10-30(11-9-29)26-28-18(13-37-26)27(35)7-6-14-16(12-27)24(33)20-21(22(14)31)25(34)19-15(23(20)32)4-3-5-17(19)36-2/h3-5,13,31,33,35H,6-12H2,1-2H3. The highest BCUT2D eigenvalue weighted by atomic mass is 32.1. The minimum Gasteiger partial charge on any atom is -0.507 e. The first-order chi connectivity index (χ1) is 17.7. The van der Waals surface area contributed by atoms with Crippen molar-refractivity contribution in [1.29, 1.82) is 0 Å². The highest BCUT2D eigenvalue weighted by Crippen LogP contribution is 2.50. The summed E-state index contributed by atoms with van der Waals surface area (Å²) < 4.78 is 5.29. The van der Waals surface area contributed by atoms with Gasteiger partial charge in [0.15, 0.2) is 10.9 Å². The van der Waals surface area contributed by atoms with Gasteiger partial charge < -0.3 is 29.9 Å². The maximum Gasteiger partial charge on any atom is 0.202 e. The van der Waals surface area contributed by atoms with Crippen molar-refractivity contribution < 1.29 is 29.6 Å². The highest BCUT2D eigenvalue weighted by molar-refractivity contribution is 7.13. The third-order valence-corrected chi connectivity index (χ3v) is 8.73. The molecule has 0 radical (unpaired) electrons. The van der Waals surface area contributed by atoms with Gasteiger partial charge in [0.1, 0.15) is 22.8 Å². The molecule has 3 N–H and O–H groups in total. The average Bonchev–Trinajstić information content (AvgIpc) is 3.40. The molecule has 3 aromatic rings. The van der Waals surface area contributed by atoms with E-state index in [0.717, 1.165) is 31.3 Å². The number of carbonyl (C=O) groups excluding carboxylic acids is 2. The van der Waals surface area contributed by atoms with Gasteiger partial charge in [-0.1, -0.05) is 12.1 Å². The SMILES string of the molecule is COc1cccc2c1C(=O)c1c(O)c3c(c(O)c1C2=O)CC(O)(c1csc(N2CCN(C)CC2)n1)CC3. The molecule has 192 valence electrons. The first-order valence-electron chi connectivity index (χ1n) is 12.2. The summed E-state index contributed by atoms with van der Waals surface area (Å²) in [6.45, 7) is 3.58. The molecule has 0 saturated carbocycles. The zero-order chi connectivity index (χ0) is 26.1. The van der Waals surface area contributed by atoms with Gasteiger partial charge >= 0.3 is 0 Å². The summed E-state index contributed by atoms with van der Waals surface area (Å²) in [5.74, 6) is -1.61. The molecule has 0 amide bonds. The van der Waals surface area contributed by atoms with Gasteiger partial charge in [-0.3, -0.25) is 9.59 Å².